The number of benzene rings is 3. The molecule has 108 valence electrons. The number of carbonyl (C=O) groups excluding carboxylic acids is 1. The Kier molecular flexibility index (Phi) is 2.76. The molecule has 1 unspecified atom stereocenters. The minimum atomic E-state index is -2.01. The molecule has 0 saturated heterocycles. The van der Waals surface area contributed by atoms with Gasteiger partial charge in [-0.25, -0.2) is 4.39 Å². The van der Waals surface area contributed by atoms with Gasteiger partial charge in [0.05, 0.1) is 0 Å². The van der Waals surface area contributed by atoms with Crippen LogP contribution < -0.4 is 5.32 Å². The molecule has 2 nitrogen and oxygen atoms in total. The Labute approximate surface area is 127 Å². The van der Waals surface area contributed by atoms with Crippen LogP contribution in [-0.4, -0.2) is 5.91 Å². The highest BCUT2D eigenvalue weighted by molar-refractivity contribution is 6.05. The van der Waals surface area contributed by atoms with E-state index >= 15 is 4.39 Å². The van der Waals surface area contributed by atoms with Gasteiger partial charge in [0.2, 0.25) is 5.67 Å². The van der Waals surface area contributed by atoms with Gasteiger partial charge >= 0.3 is 0 Å². The molecule has 3 heteroatoms. The van der Waals surface area contributed by atoms with Gasteiger partial charge in [-0.05, 0) is 22.4 Å². The highest BCUT2D eigenvalue weighted by Crippen LogP contribution is 2.42. The smallest absolute Gasteiger partial charge is 0.267 e. The first-order valence-electron chi connectivity index (χ1n) is 7.25. The van der Waals surface area contributed by atoms with E-state index in [1.807, 2.05) is 42.5 Å². The van der Waals surface area contributed by atoms with Crippen LogP contribution in [0.1, 0.15) is 11.1 Å². The maximum atomic E-state index is 15.5. The fraction of sp³-hybridized carbons (Fsp3) is 0.105. The number of nitrogens with one attached hydrogen (secondary N) is 1. The van der Waals surface area contributed by atoms with Crippen LogP contribution in [0.25, 0.3) is 10.8 Å². The number of alkyl halides is 1. The number of anilines is 1. The summed E-state index contributed by atoms with van der Waals surface area (Å²) in [6.45, 7) is 0. The first-order valence-corrected chi connectivity index (χ1v) is 7.25. The average molecular weight is 291 g/mol. The van der Waals surface area contributed by atoms with Gasteiger partial charge in [0.1, 0.15) is 0 Å². The highest BCUT2D eigenvalue weighted by atomic mass is 19.1. The molecule has 0 fully saturated rings. The molecule has 1 N–H and O–H groups in total. The Morgan fingerprint density at radius 1 is 0.909 bits per heavy atom. The lowest BCUT2D eigenvalue weighted by Crippen LogP contribution is -2.32. The number of rotatable bonds is 2. The second-order valence-electron chi connectivity index (χ2n) is 5.62. The molecular weight excluding hydrogens is 277 g/mol. The predicted octanol–water partition coefficient (Wildman–Crippen LogP) is 4.20. The molecule has 1 amide bonds. The third-order valence-corrected chi connectivity index (χ3v) is 4.28. The number of amides is 1. The third kappa shape index (κ3) is 1.82. The summed E-state index contributed by atoms with van der Waals surface area (Å²) in [7, 11) is 0. The van der Waals surface area contributed by atoms with Crippen LogP contribution in [0, 0.1) is 0 Å². The summed E-state index contributed by atoms with van der Waals surface area (Å²) in [6.07, 6.45) is 0.0389. The van der Waals surface area contributed by atoms with Crippen molar-refractivity contribution in [3.8, 4) is 0 Å². The SMILES string of the molecule is O=C1Nc2ccccc2C1(F)Cc1cccc2ccccc12. The summed E-state index contributed by atoms with van der Waals surface area (Å²) in [5.41, 5.74) is -0.184. The first kappa shape index (κ1) is 13.0. The summed E-state index contributed by atoms with van der Waals surface area (Å²) in [5, 5.41) is 4.68. The number of carbonyl (C=O) groups is 1. The van der Waals surface area contributed by atoms with Crippen molar-refractivity contribution in [3.63, 3.8) is 0 Å². The van der Waals surface area contributed by atoms with E-state index < -0.39 is 11.6 Å². The van der Waals surface area contributed by atoms with Crippen molar-refractivity contribution in [3.05, 3.63) is 77.9 Å². The Hall–Kier alpha value is -2.68. The van der Waals surface area contributed by atoms with Gasteiger partial charge in [0, 0.05) is 17.7 Å². The molecule has 1 atom stereocenters. The molecule has 4 rings (SSSR count). The van der Waals surface area contributed by atoms with Crippen LogP contribution in [0.3, 0.4) is 0 Å². The van der Waals surface area contributed by atoms with E-state index in [0.29, 0.717) is 11.3 Å². The van der Waals surface area contributed by atoms with Crippen molar-refractivity contribution in [2.45, 2.75) is 12.1 Å². The van der Waals surface area contributed by atoms with E-state index in [1.54, 1.807) is 24.3 Å². The second kappa shape index (κ2) is 4.67. The topological polar surface area (TPSA) is 29.1 Å². The first-order chi connectivity index (χ1) is 10.7. The summed E-state index contributed by atoms with van der Waals surface area (Å²) < 4.78 is 15.5. The molecule has 22 heavy (non-hydrogen) atoms. The van der Waals surface area contributed by atoms with E-state index in [2.05, 4.69) is 5.32 Å². The van der Waals surface area contributed by atoms with Crippen LogP contribution in [0.15, 0.2) is 66.7 Å². The Morgan fingerprint density at radius 2 is 1.64 bits per heavy atom. The molecule has 0 spiro atoms. The fourth-order valence-electron chi connectivity index (χ4n) is 3.17. The molecule has 1 heterocycles. The zero-order chi connectivity index (χ0) is 15.2. The Balaban J connectivity index is 1.84. The molecule has 3 aromatic rings. The summed E-state index contributed by atoms with van der Waals surface area (Å²) >= 11 is 0. The van der Waals surface area contributed by atoms with Crippen molar-refractivity contribution >= 4 is 22.4 Å². The van der Waals surface area contributed by atoms with Gasteiger partial charge in [-0.2, -0.15) is 0 Å². The highest BCUT2D eigenvalue weighted by Gasteiger charge is 2.47. The number of para-hydroxylation sites is 1. The summed E-state index contributed by atoms with van der Waals surface area (Å²) in [6, 6.07) is 20.6. The largest absolute Gasteiger partial charge is 0.323 e. The predicted molar refractivity (Wildman–Crippen MR) is 85.5 cm³/mol. The maximum absolute atomic E-state index is 15.5. The zero-order valence-electron chi connectivity index (χ0n) is 11.8. The molecule has 0 bridgehead atoms. The summed E-state index contributed by atoms with van der Waals surface area (Å²) in [5.74, 6) is -0.582. The molecule has 0 radical (unpaired) electrons. The minimum Gasteiger partial charge on any atom is -0.323 e. The van der Waals surface area contributed by atoms with E-state index in [-0.39, 0.29) is 6.42 Å². The number of halogens is 1. The van der Waals surface area contributed by atoms with E-state index in [0.717, 1.165) is 16.3 Å². The molecule has 1 aliphatic rings. The molecule has 3 aromatic carbocycles. The van der Waals surface area contributed by atoms with E-state index in [4.69, 9.17) is 0 Å². The van der Waals surface area contributed by atoms with Crippen molar-refractivity contribution in [2.24, 2.45) is 0 Å². The van der Waals surface area contributed by atoms with Crippen molar-refractivity contribution in [2.75, 3.05) is 5.32 Å². The molecule has 0 aromatic heterocycles. The lowest BCUT2D eigenvalue weighted by atomic mass is 9.88. The number of hydrogen-bond donors (Lipinski definition) is 1. The van der Waals surface area contributed by atoms with Crippen LogP contribution >= 0.6 is 0 Å². The van der Waals surface area contributed by atoms with E-state index in [1.165, 1.54) is 0 Å². The minimum absolute atomic E-state index is 0.0389. The van der Waals surface area contributed by atoms with Gasteiger partial charge in [-0.1, -0.05) is 60.7 Å². The normalized spacial score (nSPS) is 20.0. The molecule has 0 saturated carbocycles. The molecule has 0 aliphatic carbocycles. The fourth-order valence-corrected chi connectivity index (χ4v) is 3.17. The zero-order valence-corrected chi connectivity index (χ0v) is 11.8. The number of hydrogen-bond acceptors (Lipinski definition) is 1. The second-order valence-corrected chi connectivity index (χ2v) is 5.62. The Bertz CT molecular complexity index is 884. The number of fused-ring (bicyclic) bond motifs is 2. The standard InChI is InChI=1S/C19H14FNO/c20-19(16-10-3-4-11-17(16)21-18(19)22)12-14-8-5-7-13-6-1-2-9-15(13)14/h1-11H,12H2,(H,21,22). The lowest BCUT2D eigenvalue weighted by Gasteiger charge is -2.19. The molecular formula is C19H14FNO. The van der Waals surface area contributed by atoms with Crippen LogP contribution in [0.2, 0.25) is 0 Å². The maximum Gasteiger partial charge on any atom is 0.267 e. The van der Waals surface area contributed by atoms with Gasteiger partial charge in [-0.15, -0.1) is 0 Å². The van der Waals surface area contributed by atoms with Crippen LogP contribution in [-0.2, 0) is 16.9 Å². The van der Waals surface area contributed by atoms with Crippen molar-refractivity contribution < 1.29 is 9.18 Å². The van der Waals surface area contributed by atoms with Crippen LogP contribution in [0.5, 0.6) is 0 Å². The van der Waals surface area contributed by atoms with Gasteiger partial charge in [0.15, 0.2) is 0 Å². The Morgan fingerprint density at radius 3 is 2.55 bits per heavy atom. The van der Waals surface area contributed by atoms with Gasteiger partial charge in [-0.3, -0.25) is 4.79 Å². The third-order valence-electron chi connectivity index (χ3n) is 4.28. The lowest BCUT2D eigenvalue weighted by molar-refractivity contribution is -0.126. The van der Waals surface area contributed by atoms with Crippen molar-refractivity contribution in [1.29, 1.82) is 0 Å². The molecule has 1 aliphatic heterocycles. The average Bonchev–Trinajstić information content (AvgIpc) is 2.79. The quantitative estimate of drug-likeness (QED) is 0.753. The van der Waals surface area contributed by atoms with Gasteiger partial charge < -0.3 is 5.32 Å². The van der Waals surface area contributed by atoms with Crippen molar-refractivity contribution in [1.82, 2.24) is 0 Å². The van der Waals surface area contributed by atoms with Gasteiger partial charge in [0.25, 0.3) is 5.91 Å². The monoisotopic (exact) mass is 291 g/mol. The summed E-state index contributed by atoms with van der Waals surface area (Å²) in [4.78, 5) is 12.2. The van der Waals surface area contributed by atoms with E-state index in [9.17, 15) is 4.79 Å². The van der Waals surface area contributed by atoms with Crippen LogP contribution in [0.4, 0.5) is 10.1 Å².